The van der Waals surface area contributed by atoms with Gasteiger partial charge in [-0.3, -0.25) is 4.79 Å². The van der Waals surface area contributed by atoms with Crippen LogP contribution in [-0.2, 0) is 10.2 Å². The molecule has 1 N–H and O–H groups in total. The van der Waals surface area contributed by atoms with E-state index in [1.54, 1.807) is 13.2 Å². The van der Waals surface area contributed by atoms with Gasteiger partial charge in [-0.15, -0.1) is 0 Å². The largest absolute Gasteiger partial charge is 0.497 e. The summed E-state index contributed by atoms with van der Waals surface area (Å²) in [6, 6.07) is 3.64. The molecular formula is C13H17ClO3. The Kier molecular flexibility index (Phi) is 4.04. The maximum absolute atomic E-state index is 10.9. The van der Waals surface area contributed by atoms with E-state index in [9.17, 15) is 4.79 Å². The van der Waals surface area contributed by atoms with Crippen molar-refractivity contribution >= 4 is 17.6 Å². The molecule has 0 radical (unpaired) electrons. The number of aryl methyl sites for hydroxylation is 1. The van der Waals surface area contributed by atoms with Crippen molar-refractivity contribution in [1.29, 1.82) is 0 Å². The summed E-state index contributed by atoms with van der Waals surface area (Å²) in [5.74, 6) is -0.146. The average molecular weight is 257 g/mol. The molecule has 0 aromatic heterocycles. The molecule has 0 heterocycles. The quantitative estimate of drug-likeness (QED) is 0.898. The number of methoxy groups -OCH3 is 1. The molecule has 0 bridgehead atoms. The van der Waals surface area contributed by atoms with Crippen LogP contribution < -0.4 is 4.74 Å². The molecule has 0 aliphatic heterocycles. The topological polar surface area (TPSA) is 46.5 Å². The van der Waals surface area contributed by atoms with Crippen LogP contribution in [0.5, 0.6) is 5.75 Å². The van der Waals surface area contributed by atoms with Crippen molar-refractivity contribution in [2.24, 2.45) is 0 Å². The third kappa shape index (κ3) is 3.13. The minimum atomic E-state index is -0.841. The molecular weight excluding hydrogens is 240 g/mol. The number of hydrogen-bond acceptors (Lipinski definition) is 2. The number of halogens is 1. The van der Waals surface area contributed by atoms with Crippen LogP contribution in [0.4, 0.5) is 0 Å². The Labute approximate surface area is 106 Å². The van der Waals surface area contributed by atoms with E-state index in [0.717, 1.165) is 11.1 Å². The Morgan fingerprint density at radius 1 is 1.47 bits per heavy atom. The molecule has 0 fully saturated rings. The molecule has 94 valence electrons. The first-order chi connectivity index (χ1) is 7.77. The molecule has 17 heavy (non-hydrogen) atoms. The molecule has 0 unspecified atom stereocenters. The van der Waals surface area contributed by atoms with Crippen LogP contribution >= 0.6 is 11.6 Å². The predicted molar refractivity (Wildman–Crippen MR) is 68.0 cm³/mol. The summed E-state index contributed by atoms with van der Waals surface area (Å²) >= 11 is 6.24. The number of rotatable bonds is 4. The lowest BCUT2D eigenvalue weighted by molar-refractivity contribution is -0.138. The molecule has 0 saturated carbocycles. The zero-order valence-electron chi connectivity index (χ0n) is 10.5. The molecule has 0 amide bonds. The summed E-state index contributed by atoms with van der Waals surface area (Å²) in [5, 5.41) is 9.53. The molecule has 3 nitrogen and oxygen atoms in total. The average Bonchev–Trinajstić information content (AvgIpc) is 2.19. The van der Waals surface area contributed by atoms with Gasteiger partial charge < -0.3 is 9.84 Å². The Bertz CT molecular complexity index is 439. The first-order valence-corrected chi connectivity index (χ1v) is 5.72. The second-order valence-electron chi connectivity index (χ2n) is 4.76. The lowest BCUT2D eigenvalue weighted by Gasteiger charge is -2.25. The van der Waals surface area contributed by atoms with Gasteiger partial charge in [-0.05, 0) is 30.2 Å². The Morgan fingerprint density at radius 2 is 2.06 bits per heavy atom. The van der Waals surface area contributed by atoms with Gasteiger partial charge in [0.05, 0.1) is 13.5 Å². The summed E-state index contributed by atoms with van der Waals surface area (Å²) in [6.45, 7) is 5.60. The van der Waals surface area contributed by atoms with Gasteiger partial charge in [0.2, 0.25) is 0 Å². The van der Waals surface area contributed by atoms with Gasteiger partial charge >= 0.3 is 5.97 Å². The maximum Gasteiger partial charge on any atom is 0.304 e. The van der Waals surface area contributed by atoms with Gasteiger partial charge in [-0.1, -0.05) is 25.4 Å². The molecule has 4 heteroatoms. The number of hydrogen-bond donors (Lipinski definition) is 1. The van der Waals surface area contributed by atoms with Crippen molar-refractivity contribution in [2.75, 3.05) is 7.11 Å². The van der Waals surface area contributed by atoms with Crippen LogP contribution in [0.3, 0.4) is 0 Å². The standard InChI is InChI=1S/C13H17ClO3/c1-8-5-9(17-4)6-10(12(8)14)13(2,3)7-11(15)16/h5-6H,7H2,1-4H3,(H,15,16). The Morgan fingerprint density at radius 3 is 2.53 bits per heavy atom. The van der Waals surface area contributed by atoms with Gasteiger partial charge in [0.1, 0.15) is 5.75 Å². The highest BCUT2D eigenvalue weighted by molar-refractivity contribution is 6.32. The van der Waals surface area contributed by atoms with Gasteiger partial charge in [0, 0.05) is 10.4 Å². The summed E-state index contributed by atoms with van der Waals surface area (Å²) in [4.78, 5) is 10.9. The van der Waals surface area contributed by atoms with E-state index >= 15 is 0 Å². The van der Waals surface area contributed by atoms with Crippen LogP contribution in [0.1, 0.15) is 31.4 Å². The smallest absolute Gasteiger partial charge is 0.304 e. The minimum absolute atomic E-state index is 0.0271. The van der Waals surface area contributed by atoms with Crippen molar-refractivity contribution < 1.29 is 14.6 Å². The first kappa shape index (κ1) is 13.8. The van der Waals surface area contributed by atoms with Crippen LogP contribution in [0.15, 0.2) is 12.1 Å². The monoisotopic (exact) mass is 256 g/mol. The highest BCUT2D eigenvalue weighted by Crippen LogP contribution is 2.37. The molecule has 1 aromatic carbocycles. The van der Waals surface area contributed by atoms with Crippen LogP contribution in [0.25, 0.3) is 0 Å². The SMILES string of the molecule is COc1cc(C)c(Cl)c(C(C)(C)CC(=O)O)c1. The number of benzene rings is 1. The van der Waals surface area contributed by atoms with Crippen LogP contribution in [-0.4, -0.2) is 18.2 Å². The Balaban J connectivity index is 3.28. The number of carboxylic acids is 1. The third-order valence-electron chi connectivity index (χ3n) is 2.79. The molecule has 0 spiro atoms. The van der Waals surface area contributed by atoms with Crippen LogP contribution in [0, 0.1) is 6.92 Å². The van der Waals surface area contributed by atoms with Gasteiger partial charge in [0.25, 0.3) is 0 Å². The van der Waals surface area contributed by atoms with Crippen molar-refractivity contribution in [3.8, 4) is 5.75 Å². The van der Waals surface area contributed by atoms with Crippen molar-refractivity contribution in [3.63, 3.8) is 0 Å². The Hall–Kier alpha value is -1.22. The fraction of sp³-hybridized carbons (Fsp3) is 0.462. The number of carboxylic acid groups (broad SMARTS) is 1. The second-order valence-corrected chi connectivity index (χ2v) is 5.14. The van der Waals surface area contributed by atoms with Gasteiger partial charge in [-0.25, -0.2) is 0 Å². The fourth-order valence-electron chi connectivity index (χ4n) is 1.82. The van der Waals surface area contributed by atoms with E-state index in [1.165, 1.54) is 0 Å². The lowest BCUT2D eigenvalue weighted by atomic mass is 9.81. The second kappa shape index (κ2) is 4.96. The van der Waals surface area contributed by atoms with Crippen molar-refractivity contribution in [1.82, 2.24) is 0 Å². The number of carbonyl (C=O) groups is 1. The molecule has 0 aliphatic rings. The summed E-state index contributed by atoms with van der Waals surface area (Å²) in [7, 11) is 1.58. The highest BCUT2D eigenvalue weighted by Gasteiger charge is 2.27. The molecule has 0 atom stereocenters. The maximum atomic E-state index is 10.9. The fourth-order valence-corrected chi connectivity index (χ4v) is 2.18. The minimum Gasteiger partial charge on any atom is -0.497 e. The van der Waals surface area contributed by atoms with Gasteiger partial charge in [0.15, 0.2) is 0 Å². The van der Waals surface area contributed by atoms with Crippen molar-refractivity contribution in [2.45, 2.75) is 32.6 Å². The predicted octanol–water partition coefficient (Wildman–Crippen LogP) is 3.41. The van der Waals surface area contributed by atoms with E-state index < -0.39 is 11.4 Å². The van der Waals surface area contributed by atoms with Crippen LogP contribution in [0.2, 0.25) is 5.02 Å². The summed E-state index contributed by atoms with van der Waals surface area (Å²) < 4.78 is 5.18. The number of ether oxygens (including phenoxy) is 1. The third-order valence-corrected chi connectivity index (χ3v) is 3.29. The molecule has 1 aromatic rings. The highest BCUT2D eigenvalue weighted by atomic mass is 35.5. The lowest BCUT2D eigenvalue weighted by Crippen LogP contribution is -2.22. The number of aliphatic carboxylic acids is 1. The van der Waals surface area contributed by atoms with E-state index in [1.807, 2.05) is 26.8 Å². The van der Waals surface area contributed by atoms with Gasteiger partial charge in [-0.2, -0.15) is 0 Å². The molecule has 0 saturated heterocycles. The molecule has 1 rings (SSSR count). The van der Waals surface area contributed by atoms with E-state index in [0.29, 0.717) is 10.8 Å². The normalized spacial score (nSPS) is 11.4. The zero-order valence-corrected chi connectivity index (χ0v) is 11.3. The van der Waals surface area contributed by atoms with E-state index in [4.69, 9.17) is 21.4 Å². The summed E-state index contributed by atoms with van der Waals surface area (Å²) in [5.41, 5.74) is 1.17. The van der Waals surface area contributed by atoms with E-state index in [2.05, 4.69) is 0 Å². The van der Waals surface area contributed by atoms with Crippen molar-refractivity contribution in [3.05, 3.63) is 28.3 Å². The van der Waals surface area contributed by atoms with E-state index in [-0.39, 0.29) is 6.42 Å². The first-order valence-electron chi connectivity index (χ1n) is 5.34. The molecule has 0 aliphatic carbocycles. The summed E-state index contributed by atoms with van der Waals surface area (Å²) in [6.07, 6.45) is 0.0271. The zero-order chi connectivity index (χ0) is 13.2.